The summed E-state index contributed by atoms with van der Waals surface area (Å²) in [6.07, 6.45) is 2.94. The summed E-state index contributed by atoms with van der Waals surface area (Å²) in [6, 6.07) is 7.09. The molecule has 0 saturated carbocycles. The van der Waals surface area contributed by atoms with Gasteiger partial charge in [-0.2, -0.15) is 0 Å². The lowest BCUT2D eigenvalue weighted by molar-refractivity contribution is -0.149. The molecule has 1 amide bonds. The Morgan fingerprint density at radius 1 is 1.23 bits per heavy atom. The van der Waals surface area contributed by atoms with Crippen LogP contribution in [-0.4, -0.2) is 72.3 Å². The van der Waals surface area contributed by atoms with Crippen LogP contribution in [0.5, 0.6) is 0 Å². The maximum atomic E-state index is 12.5. The molecule has 11 heteroatoms. The van der Waals surface area contributed by atoms with Crippen LogP contribution in [0, 0.1) is 0 Å². The van der Waals surface area contributed by atoms with E-state index in [1.54, 1.807) is 6.92 Å². The van der Waals surface area contributed by atoms with Gasteiger partial charge in [0.15, 0.2) is 0 Å². The summed E-state index contributed by atoms with van der Waals surface area (Å²) in [5.74, 6) is -2.40. The van der Waals surface area contributed by atoms with Gasteiger partial charge in [0, 0.05) is 6.54 Å². The van der Waals surface area contributed by atoms with Crippen molar-refractivity contribution in [2.24, 2.45) is 5.14 Å². The second kappa shape index (κ2) is 11.6. The molecular weight excluding hydrogens is 414 g/mol. The van der Waals surface area contributed by atoms with Gasteiger partial charge in [0.25, 0.3) is 0 Å². The van der Waals surface area contributed by atoms with Gasteiger partial charge in [0.2, 0.25) is 15.9 Å². The number of primary sulfonamides is 1. The fourth-order valence-corrected chi connectivity index (χ4v) is 3.14. The molecule has 1 fully saturated rings. The van der Waals surface area contributed by atoms with Crippen molar-refractivity contribution in [1.82, 2.24) is 10.2 Å². The van der Waals surface area contributed by atoms with E-state index in [2.05, 4.69) is 10.5 Å². The van der Waals surface area contributed by atoms with E-state index in [0.717, 1.165) is 11.8 Å². The average molecular weight is 444 g/mol. The Morgan fingerprint density at radius 2 is 1.80 bits per heavy atom. The summed E-state index contributed by atoms with van der Waals surface area (Å²) in [5, 5.41) is 25.8. The van der Waals surface area contributed by atoms with Crippen molar-refractivity contribution < 1.29 is 33.0 Å². The van der Waals surface area contributed by atoms with E-state index in [9.17, 15) is 33.0 Å². The molecule has 1 heterocycles. The molecule has 3 atom stereocenters. The largest absolute Gasteiger partial charge is 0.480 e. The van der Waals surface area contributed by atoms with Crippen LogP contribution in [0.3, 0.4) is 0 Å². The maximum Gasteiger partial charge on any atom is 0.326 e. The zero-order chi connectivity index (χ0) is 22.9. The molecule has 1 aromatic rings. The number of aliphatic carboxylic acids is 2. The smallest absolute Gasteiger partial charge is 0.326 e. The fraction of sp³-hybridized carbons (Fsp3) is 0.526. The second-order valence-electron chi connectivity index (χ2n) is 7.16. The fourth-order valence-electron chi connectivity index (χ4n) is 3.14. The highest BCUT2D eigenvalue weighted by atomic mass is 32.2. The van der Waals surface area contributed by atoms with Crippen LogP contribution < -0.4 is 10.5 Å². The van der Waals surface area contributed by atoms with Crippen LogP contribution in [0.4, 0.5) is 0 Å². The number of carboxylic acid groups (broad SMARTS) is 2. The van der Waals surface area contributed by atoms with Crippen molar-refractivity contribution in [2.75, 3.05) is 12.8 Å². The molecule has 168 valence electrons. The van der Waals surface area contributed by atoms with E-state index in [1.165, 1.54) is 4.90 Å². The minimum Gasteiger partial charge on any atom is -0.480 e. The number of carbonyl (C=O) groups is 3. The third-order valence-corrected chi connectivity index (χ3v) is 4.51. The Bertz CT molecular complexity index is 822. The van der Waals surface area contributed by atoms with Crippen LogP contribution in [-0.2, 0) is 30.8 Å². The molecular formula is C19H29N3O7S. The molecule has 0 bridgehead atoms. The number of amides is 1. The zero-order valence-corrected chi connectivity index (χ0v) is 17.8. The van der Waals surface area contributed by atoms with Gasteiger partial charge in [-0.3, -0.25) is 14.9 Å². The quantitative estimate of drug-likeness (QED) is 0.436. The Morgan fingerprint density at radius 3 is 2.30 bits per heavy atom. The predicted molar refractivity (Wildman–Crippen MR) is 110 cm³/mol. The van der Waals surface area contributed by atoms with Gasteiger partial charge in [0.1, 0.15) is 12.1 Å². The monoisotopic (exact) mass is 443 g/mol. The first-order valence-electron chi connectivity index (χ1n) is 9.44. The topological polar surface area (TPSA) is 167 Å². The SMILES string of the molecule is CS(N)(=O)=O.C[C@H](NC(CCc1ccccc1)C(=O)O)C(=O)N1CCC[C@H]1C(=O)O. The molecule has 0 aliphatic carbocycles. The molecule has 0 radical (unpaired) electrons. The molecule has 30 heavy (non-hydrogen) atoms. The Balaban J connectivity index is 0.000000804. The summed E-state index contributed by atoms with van der Waals surface area (Å²) in [5.41, 5.74) is 1.03. The van der Waals surface area contributed by atoms with Gasteiger partial charge >= 0.3 is 11.9 Å². The van der Waals surface area contributed by atoms with E-state index in [4.69, 9.17) is 0 Å². The summed E-state index contributed by atoms with van der Waals surface area (Å²) in [7, 11) is -3.17. The number of nitrogens with zero attached hydrogens (tertiary/aromatic N) is 1. The molecule has 1 aliphatic rings. The predicted octanol–water partition coefficient (Wildman–Crippen LogP) is 0.0308. The van der Waals surface area contributed by atoms with Crippen LogP contribution in [0.25, 0.3) is 0 Å². The number of aryl methyl sites for hydroxylation is 1. The van der Waals surface area contributed by atoms with Crippen molar-refractivity contribution in [3.05, 3.63) is 35.9 Å². The lowest BCUT2D eigenvalue weighted by atomic mass is 10.0. The molecule has 1 unspecified atom stereocenters. The molecule has 0 spiro atoms. The lowest BCUT2D eigenvalue weighted by Gasteiger charge is -2.27. The van der Waals surface area contributed by atoms with E-state index < -0.39 is 40.1 Å². The average Bonchev–Trinajstić information content (AvgIpc) is 3.13. The van der Waals surface area contributed by atoms with Crippen molar-refractivity contribution in [3.63, 3.8) is 0 Å². The number of nitrogens with two attached hydrogens (primary N) is 1. The molecule has 1 saturated heterocycles. The standard InChI is InChI=1S/C18H24N2O5.CH5NO2S/c1-12(16(21)20-11-5-8-15(20)18(24)25)19-14(17(22)23)10-9-13-6-3-2-4-7-13;1-5(2,3)4/h2-4,6-7,12,14-15,19H,5,8-11H2,1H3,(H,22,23)(H,24,25);1H3,(H2,2,3,4)/t12-,14?,15-;/m0./s1. The number of hydrogen-bond donors (Lipinski definition) is 4. The Kier molecular flexibility index (Phi) is 9.90. The minimum absolute atomic E-state index is 0.347. The number of benzene rings is 1. The van der Waals surface area contributed by atoms with E-state index in [0.29, 0.717) is 32.2 Å². The van der Waals surface area contributed by atoms with Crippen molar-refractivity contribution in [1.29, 1.82) is 0 Å². The van der Waals surface area contributed by atoms with Crippen molar-refractivity contribution in [3.8, 4) is 0 Å². The van der Waals surface area contributed by atoms with E-state index in [1.807, 2.05) is 30.3 Å². The molecule has 1 aromatic carbocycles. The van der Waals surface area contributed by atoms with Crippen molar-refractivity contribution >= 4 is 27.9 Å². The minimum atomic E-state index is -3.17. The molecule has 0 aromatic heterocycles. The first-order valence-corrected chi connectivity index (χ1v) is 11.4. The normalized spacial score (nSPS) is 18.1. The summed E-state index contributed by atoms with van der Waals surface area (Å²) in [4.78, 5) is 36.5. The van der Waals surface area contributed by atoms with Crippen LogP contribution in [0.2, 0.25) is 0 Å². The lowest BCUT2D eigenvalue weighted by Crippen LogP contribution is -2.53. The van der Waals surface area contributed by atoms with Crippen LogP contribution >= 0.6 is 0 Å². The van der Waals surface area contributed by atoms with Crippen molar-refractivity contribution in [2.45, 2.75) is 50.7 Å². The first kappa shape index (κ1) is 25.5. The molecule has 2 rings (SSSR count). The van der Waals surface area contributed by atoms with Gasteiger partial charge in [-0.05, 0) is 38.2 Å². The summed E-state index contributed by atoms with van der Waals surface area (Å²) < 4.78 is 18.8. The van der Waals surface area contributed by atoms with Gasteiger partial charge in [-0.15, -0.1) is 0 Å². The van der Waals surface area contributed by atoms with E-state index in [-0.39, 0.29) is 5.91 Å². The first-order chi connectivity index (χ1) is 13.9. The van der Waals surface area contributed by atoms with Crippen LogP contribution in [0.15, 0.2) is 30.3 Å². The number of carbonyl (C=O) groups excluding carboxylic acids is 1. The number of hydrogen-bond acceptors (Lipinski definition) is 6. The van der Waals surface area contributed by atoms with Crippen LogP contribution in [0.1, 0.15) is 31.7 Å². The Labute approximate surface area is 176 Å². The second-order valence-corrected chi connectivity index (χ2v) is 8.82. The van der Waals surface area contributed by atoms with Gasteiger partial charge < -0.3 is 15.1 Å². The van der Waals surface area contributed by atoms with E-state index >= 15 is 0 Å². The summed E-state index contributed by atoms with van der Waals surface area (Å²) in [6.45, 7) is 1.97. The molecule has 10 nitrogen and oxygen atoms in total. The highest BCUT2D eigenvalue weighted by molar-refractivity contribution is 7.88. The number of rotatable bonds is 8. The number of carboxylic acids is 2. The molecule has 1 aliphatic heterocycles. The van der Waals surface area contributed by atoms with Gasteiger partial charge in [-0.25, -0.2) is 18.4 Å². The maximum absolute atomic E-state index is 12.5. The highest BCUT2D eigenvalue weighted by Gasteiger charge is 2.36. The highest BCUT2D eigenvalue weighted by Crippen LogP contribution is 2.18. The zero-order valence-electron chi connectivity index (χ0n) is 17.0. The third-order valence-electron chi connectivity index (χ3n) is 4.51. The summed E-state index contributed by atoms with van der Waals surface area (Å²) >= 11 is 0. The third kappa shape index (κ3) is 9.33. The molecule has 5 N–H and O–H groups in total. The van der Waals surface area contributed by atoms with Gasteiger partial charge in [-0.1, -0.05) is 30.3 Å². The number of nitrogens with one attached hydrogen (secondary N) is 1. The number of sulfonamides is 1. The number of likely N-dealkylation sites (tertiary alicyclic amines) is 1. The Hall–Kier alpha value is -2.50. The van der Waals surface area contributed by atoms with Gasteiger partial charge in [0.05, 0.1) is 12.3 Å².